The minimum absolute atomic E-state index is 0.245. The number of rotatable bonds is 3. The molecule has 86 valence electrons. The van der Waals surface area contributed by atoms with Crippen molar-refractivity contribution in [2.45, 2.75) is 13.3 Å². The zero-order valence-corrected chi connectivity index (χ0v) is 9.92. The molecule has 3 heteroatoms. The molecule has 0 atom stereocenters. The van der Waals surface area contributed by atoms with Crippen molar-refractivity contribution in [2.24, 2.45) is 12.8 Å². The maximum Gasteiger partial charge on any atom is 0.119 e. The highest BCUT2D eigenvalue weighted by Crippen LogP contribution is 2.28. The number of ether oxygens (including phenoxy) is 1. The average Bonchev–Trinajstić information content (AvgIpc) is 2.56. The predicted octanol–water partition coefficient (Wildman–Crippen LogP) is 2.00. The molecule has 0 aliphatic carbocycles. The Morgan fingerprint density at radius 2 is 2.31 bits per heavy atom. The second-order valence-corrected chi connectivity index (χ2v) is 3.87. The molecule has 0 spiro atoms. The third-order valence-corrected chi connectivity index (χ3v) is 3.04. The van der Waals surface area contributed by atoms with Crippen LogP contribution in [0.3, 0.4) is 0 Å². The van der Waals surface area contributed by atoms with Crippen LogP contribution in [-0.2, 0) is 13.5 Å². The lowest BCUT2D eigenvalue weighted by Gasteiger charge is -2.01. The average molecular weight is 220 g/mol. The van der Waals surface area contributed by atoms with Crippen LogP contribution in [0, 0.1) is 6.92 Å². The smallest absolute Gasteiger partial charge is 0.119 e. The highest BCUT2D eigenvalue weighted by atomic mass is 16.5. The van der Waals surface area contributed by atoms with Crippen molar-refractivity contribution in [3.05, 3.63) is 29.4 Å². The summed E-state index contributed by atoms with van der Waals surface area (Å²) in [5, 5.41) is 0.855. The van der Waals surface area contributed by atoms with Crippen LogP contribution in [0.2, 0.25) is 0 Å². The van der Waals surface area contributed by atoms with Crippen LogP contribution in [-0.4, -0.2) is 18.2 Å². The molecule has 0 unspecified atom stereocenters. The normalized spacial score (nSPS) is 12.8. The zero-order chi connectivity index (χ0) is 13.4. The van der Waals surface area contributed by atoms with Gasteiger partial charge in [0.05, 0.1) is 9.85 Å². The molecule has 0 saturated heterocycles. The SMILES string of the molecule is [2H]c1cc2c(c([2H])c1OC)c(CCN)c(C)n2C. The van der Waals surface area contributed by atoms with Gasteiger partial charge in [0.1, 0.15) is 5.75 Å². The fraction of sp³-hybridized carbons (Fsp3) is 0.385. The molecule has 0 fully saturated rings. The van der Waals surface area contributed by atoms with Gasteiger partial charge in [0.2, 0.25) is 0 Å². The maximum absolute atomic E-state index is 8.21. The Morgan fingerprint density at radius 3 is 2.94 bits per heavy atom. The van der Waals surface area contributed by atoms with E-state index in [1.807, 2.05) is 18.5 Å². The van der Waals surface area contributed by atoms with Crippen molar-refractivity contribution in [3.8, 4) is 5.75 Å². The Kier molecular flexibility index (Phi) is 2.26. The molecule has 0 saturated carbocycles. The number of methoxy groups -OCH3 is 1. The summed E-state index contributed by atoms with van der Waals surface area (Å²) in [6.07, 6.45) is 0.732. The van der Waals surface area contributed by atoms with E-state index in [1.165, 1.54) is 7.11 Å². The van der Waals surface area contributed by atoms with Crippen LogP contribution in [0.5, 0.6) is 5.75 Å². The molecule has 0 aliphatic heterocycles. The minimum Gasteiger partial charge on any atom is -0.497 e. The molecule has 2 rings (SSSR count). The Morgan fingerprint density at radius 1 is 1.56 bits per heavy atom. The van der Waals surface area contributed by atoms with Gasteiger partial charge in [-0.3, -0.25) is 0 Å². The predicted molar refractivity (Wildman–Crippen MR) is 67.0 cm³/mol. The molecule has 1 heterocycles. The van der Waals surface area contributed by atoms with Gasteiger partial charge in [-0.25, -0.2) is 0 Å². The molecule has 0 amide bonds. The number of nitrogens with zero attached hydrogens (tertiary/aromatic N) is 1. The van der Waals surface area contributed by atoms with Gasteiger partial charge in [-0.05, 0) is 43.6 Å². The van der Waals surface area contributed by atoms with Gasteiger partial charge in [-0.1, -0.05) is 0 Å². The number of hydrogen-bond acceptors (Lipinski definition) is 2. The van der Waals surface area contributed by atoms with Crippen LogP contribution < -0.4 is 10.5 Å². The quantitative estimate of drug-likeness (QED) is 0.859. The van der Waals surface area contributed by atoms with Crippen molar-refractivity contribution in [1.29, 1.82) is 0 Å². The summed E-state index contributed by atoms with van der Waals surface area (Å²) in [7, 11) is 3.44. The van der Waals surface area contributed by atoms with Gasteiger partial charge >= 0.3 is 0 Å². The second kappa shape index (κ2) is 4.18. The summed E-state index contributed by atoms with van der Waals surface area (Å²) in [6, 6.07) is 2.28. The molecule has 0 bridgehead atoms. The lowest BCUT2D eigenvalue weighted by molar-refractivity contribution is 0.415. The Bertz CT molecular complexity index is 605. The molecule has 2 N–H and O–H groups in total. The van der Waals surface area contributed by atoms with E-state index in [9.17, 15) is 0 Å². The van der Waals surface area contributed by atoms with E-state index in [0.29, 0.717) is 12.3 Å². The summed E-state index contributed by atoms with van der Waals surface area (Å²) in [5.41, 5.74) is 8.71. The third kappa shape index (κ3) is 1.57. The van der Waals surface area contributed by atoms with Crippen molar-refractivity contribution in [1.82, 2.24) is 4.57 Å². The van der Waals surface area contributed by atoms with E-state index in [0.717, 1.165) is 28.6 Å². The number of benzene rings is 1. The largest absolute Gasteiger partial charge is 0.497 e. The van der Waals surface area contributed by atoms with E-state index < -0.39 is 0 Å². The molecule has 0 radical (unpaired) electrons. The van der Waals surface area contributed by atoms with Gasteiger partial charge in [-0.2, -0.15) is 0 Å². The van der Waals surface area contributed by atoms with Crippen LogP contribution in [0.1, 0.15) is 14.0 Å². The molecule has 0 aliphatic rings. The van der Waals surface area contributed by atoms with Crippen LogP contribution in [0.15, 0.2) is 18.2 Å². The zero-order valence-electron chi connectivity index (χ0n) is 11.9. The van der Waals surface area contributed by atoms with Gasteiger partial charge in [-0.15, -0.1) is 0 Å². The van der Waals surface area contributed by atoms with Crippen LogP contribution in [0.4, 0.5) is 0 Å². The molecule has 16 heavy (non-hydrogen) atoms. The molecular weight excluding hydrogens is 200 g/mol. The maximum atomic E-state index is 8.21. The summed E-state index contributed by atoms with van der Waals surface area (Å²) in [6.45, 7) is 2.56. The van der Waals surface area contributed by atoms with Gasteiger partial charge in [0, 0.05) is 23.6 Å². The van der Waals surface area contributed by atoms with Crippen molar-refractivity contribution in [3.63, 3.8) is 0 Å². The lowest BCUT2D eigenvalue weighted by atomic mass is 10.1. The Labute approximate surface area is 98.6 Å². The Hall–Kier alpha value is -1.48. The Balaban J connectivity index is 2.89. The van der Waals surface area contributed by atoms with Gasteiger partial charge < -0.3 is 15.0 Å². The number of aryl methyl sites for hydroxylation is 1. The second-order valence-electron chi connectivity index (χ2n) is 3.87. The summed E-state index contributed by atoms with van der Waals surface area (Å²) < 4.78 is 23.3. The molecule has 1 aromatic carbocycles. The molecular formula is C13H18N2O. The van der Waals surface area contributed by atoms with E-state index in [1.54, 1.807) is 6.07 Å². The van der Waals surface area contributed by atoms with Crippen LogP contribution in [0.25, 0.3) is 10.9 Å². The highest BCUT2D eigenvalue weighted by Gasteiger charge is 2.11. The minimum atomic E-state index is 0.245. The van der Waals surface area contributed by atoms with Gasteiger partial charge in [0.25, 0.3) is 0 Å². The van der Waals surface area contributed by atoms with E-state index in [4.69, 9.17) is 13.2 Å². The summed E-state index contributed by atoms with van der Waals surface area (Å²) >= 11 is 0. The monoisotopic (exact) mass is 220 g/mol. The standard InChI is InChI=1S/C13H18N2O/c1-9-11(6-7-14)12-8-10(16-3)4-5-13(12)15(9)2/h4-5,8H,6-7,14H2,1-3H3/i4D,8D. The fourth-order valence-corrected chi connectivity index (χ4v) is 2.04. The van der Waals surface area contributed by atoms with Gasteiger partial charge in [0.15, 0.2) is 0 Å². The van der Waals surface area contributed by atoms with E-state index in [-0.39, 0.29) is 12.1 Å². The van der Waals surface area contributed by atoms with Crippen molar-refractivity contribution in [2.75, 3.05) is 13.7 Å². The molecule has 3 nitrogen and oxygen atoms in total. The van der Waals surface area contributed by atoms with Crippen molar-refractivity contribution >= 4 is 10.9 Å². The molecule has 1 aromatic heterocycles. The van der Waals surface area contributed by atoms with Crippen LogP contribution >= 0.6 is 0 Å². The summed E-state index contributed by atoms with van der Waals surface area (Å²) in [5.74, 6) is 0.325. The third-order valence-electron chi connectivity index (χ3n) is 3.04. The van der Waals surface area contributed by atoms with E-state index >= 15 is 0 Å². The molecule has 2 aromatic rings. The first-order chi connectivity index (χ1) is 8.52. The fourth-order valence-electron chi connectivity index (χ4n) is 2.04. The number of nitrogens with two attached hydrogens (primary N) is 1. The first kappa shape index (κ1) is 8.65. The number of fused-ring (bicyclic) bond motifs is 1. The summed E-state index contributed by atoms with van der Waals surface area (Å²) in [4.78, 5) is 0. The number of hydrogen-bond donors (Lipinski definition) is 1. The first-order valence-electron chi connectivity index (χ1n) is 6.35. The number of aromatic nitrogens is 1. The lowest BCUT2D eigenvalue weighted by Crippen LogP contribution is -2.04. The topological polar surface area (TPSA) is 40.2 Å². The van der Waals surface area contributed by atoms with E-state index in [2.05, 4.69) is 0 Å². The highest BCUT2D eigenvalue weighted by molar-refractivity contribution is 5.86. The van der Waals surface area contributed by atoms with Crippen molar-refractivity contribution < 1.29 is 7.48 Å². The first-order valence-corrected chi connectivity index (χ1v) is 5.35.